The molecule has 0 aliphatic carbocycles. The van der Waals surface area contributed by atoms with Crippen LogP contribution in [0.2, 0.25) is 0 Å². The molecule has 1 rings (SSSR count). The predicted molar refractivity (Wildman–Crippen MR) is 47.3 cm³/mol. The molecule has 0 aromatic carbocycles. The van der Waals surface area contributed by atoms with Gasteiger partial charge in [0.25, 0.3) is 0 Å². The van der Waals surface area contributed by atoms with E-state index < -0.39 is 24.5 Å². The first-order chi connectivity index (χ1) is 7.04. The molecular weight excluding hydrogens is 204 g/mol. The van der Waals surface area contributed by atoms with E-state index in [0.29, 0.717) is 0 Å². The van der Waals surface area contributed by atoms with Crippen LogP contribution in [-0.4, -0.2) is 29.3 Å². The van der Waals surface area contributed by atoms with Crippen molar-refractivity contribution in [3.05, 3.63) is 23.7 Å². The van der Waals surface area contributed by atoms with Crippen LogP contribution in [0.25, 0.3) is 0 Å². The Morgan fingerprint density at radius 2 is 2.20 bits per heavy atom. The SMILES string of the molecule is COC(=O)c1ccc(C(O)CC(=O)O)o1. The molecule has 1 atom stereocenters. The monoisotopic (exact) mass is 214 g/mol. The number of hydrogen-bond donors (Lipinski definition) is 2. The highest BCUT2D eigenvalue weighted by molar-refractivity contribution is 5.86. The number of furan rings is 1. The van der Waals surface area contributed by atoms with E-state index in [-0.39, 0.29) is 11.5 Å². The lowest BCUT2D eigenvalue weighted by Crippen LogP contribution is -2.04. The molecule has 2 N–H and O–H groups in total. The number of methoxy groups -OCH3 is 1. The molecular formula is C9H10O6. The number of rotatable bonds is 4. The number of carbonyl (C=O) groups excluding carboxylic acids is 1. The molecule has 15 heavy (non-hydrogen) atoms. The Hall–Kier alpha value is -1.82. The van der Waals surface area contributed by atoms with Gasteiger partial charge in [-0.25, -0.2) is 4.79 Å². The van der Waals surface area contributed by atoms with Crippen LogP contribution in [0.1, 0.15) is 28.8 Å². The number of ether oxygens (including phenoxy) is 1. The largest absolute Gasteiger partial charge is 0.481 e. The summed E-state index contributed by atoms with van der Waals surface area (Å²) in [5.74, 6) is -1.88. The molecule has 1 aromatic rings. The lowest BCUT2D eigenvalue weighted by Gasteiger charge is -2.02. The predicted octanol–water partition coefficient (Wildman–Crippen LogP) is 0.574. The Morgan fingerprint density at radius 1 is 1.53 bits per heavy atom. The topological polar surface area (TPSA) is 97.0 Å². The van der Waals surface area contributed by atoms with E-state index in [2.05, 4.69) is 4.74 Å². The van der Waals surface area contributed by atoms with E-state index in [0.717, 1.165) is 0 Å². The summed E-state index contributed by atoms with van der Waals surface area (Å²) in [6.07, 6.45) is -1.74. The van der Waals surface area contributed by atoms with Gasteiger partial charge in [-0.15, -0.1) is 0 Å². The molecule has 0 amide bonds. The third kappa shape index (κ3) is 2.81. The Bertz CT molecular complexity index is 366. The van der Waals surface area contributed by atoms with Crippen molar-refractivity contribution in [2.75, 3.05) is 7.11 Å². The minimum atomic E-state index is -1.26. The van der Waals surface area contributed by atoms with Crippen LogP contribution in [0.5, 0.6) is 0 Å². The van der Waals surface area contributed by atoms with E-state index in [9.17, 15) is 14.7 Å². The van der Waals surface area contributed by atoms with Crippen LogP contribution in [-0.2, 0) is 9.53 Å². The maximum atomic E-state index is 11.0. The molecule has 0 bridgehead atoms. The quantitative estimate of drug-likeness (QED) is 0.711. The second-order valence-electron chi connectivity index (χ2n) is 2.81. The van der Waals surface area contributed by atoms with Crippen molar-refractivity contribution in [2.45, 2.75) is 12.5 Å². The minimum Gasteiger partial charge on any atom is -0.481 e. The molecule has 0 aliphatic heterocycles. The van der Waals surface area contributed by atoms with Crippen LogP contribution in [0.3, 0.4) is 0 Å². The van der Waals surface area contributed by atoms with Crippen molar-refractivity contribution in [3.8, 4) is 0 Å². The first-order valence-electron chi connectivity index (χ1n) is 4.12. The van der Waals surface area contributed by atoms with Gasteiger partial charge in [-0.05, 0) is 12.1 Å². The van der Waals surface area contributed by atoms with Gasteiger partial charge in [0.1, 0.15) is 11.9 Å². The van der Waals surface area contributed by atoms with Crippen molar-refractivity contribution < 1.29 is 29.0 Å². The van der Waals surface area contributed by atoms with Crippen molar-refractivity contribution >= 4 is 11.9 Å². The summed E-state index contributed by atoms with van der Waals surface area (Å²) in [4.78, 5) is 21.2. The zero-order chi connectivity index (χ0) is 11.4. The summed E-state index contributed by atoms with van der Waals surface area (Å²) in [5.41, 5.74) is 0. The number of carboxylic acids is 1. The normalized spacial score (nSPS) is 12.1. The van der Waals surface area contributed by atoms with E-state index in [1.54, 1.807) is 0 Å². The van der Waals surface area contributed by atoms with Crippen LogP contribution in [0.4, 0.5) is 0 Å². The van der Waals surface area contributed by atoms with Crippen LogP contribution >= 0.6 is 0 Å². The van der Waals surface area contributed by atoms with Crippen molar-refractivity contribution in [3.63, 3.8) is 0 Å². The van der Waals surface area contributed by atoms with Gasteiger partial charge in [-0.3, -0.25) is 4.79 Å². The van der Waals surface area contributed by atoms with Gasteiger partial charge >= 0.3 is 11.9 Å². The van der Waals surface area contributed by atoms with Crippen molar-refractivity contribution in [1.82, 2.24) is 0 Å². The summed E-state index contributed by atoms with van der Waals surface area (Å²) in [6, 6.07) is 2.64. The molecule has 1 heterocycles. The van der Waals surface area contributed by atoms with Crippen LogP contribution in [0.15, 0.2) is 16.5 Å². The lowest BCUT2D eigenvalue weighted by molar-refractivity contribution is -0.139. The van der Waals surface area contributed by atoms with Gasteiger partial charge in [0.15, 0.2) is 0 Å². The smallest absolute Gasteiger partial charge is 0.373 e. The zero-order valence-corrected chi connectivity index (χ0v) is 7.97. The van der Waals surface area contributed by atoms with Crippen molar-refractivity contribution in [1.29, 1.82) is 0 Å². The molecule has 1 aromatic heterocycles. The van der Waals surface area contributed by atoms with Gasteiger partial charge in [-0.1, -0.05) is 0 Å². The number of hydrogen-bond acceptors (Lipinski definition) is 5. The molecule has 0 spiro atoms. The maximum Gasteiger partial charge on any atom is 0.373 e. The first-order valence-corrected chi connectivity index (χ1v) is 4.12. The zero-order valence-electron chi connectivity index (χ0n) is 7.97. The van der Waals surface area contributed by atoms with E-state index in [1.807, 2.05) is 0 Å². The summed E-state index contributed by atoms with van der Waals surface area (Å²) >= 11 is 0. The number of carboxylic acid groups (broad SMARTS) is 1. The van der Waals surface area contributed by atoms with E-state index in [1.165, 1.54) is 19.2 Å². The fraction of sp³-hybridized carbons (Fsp3) is 0.333. The standard InChI is InChI=1S/C9H10O6/c1-14-9(13)7-3-2-6(15-7)5(10)4-8(11)12/h2-3,5,10H,4H2,1H3,(H,11,12). The summed E-state index contributed by atoms with van der Waals surface area (Å²) in [6.45, 7) is 0. The lowest BCUT2D eigenvalue weighted by atomic mass is 10.2. The molecule has 6 nitrogen and oxygen atoms in total. The molecule has 82 valence electrons. The first kappa shape index (κ1) is 11.3. The van der Waals surface area contributed by atoms with Crippen molar-refractivity contribution in [2.24, 2.45) is 0 Å². The van der Waals surface area contributed by atoms with Gasteiger partial charge in [0.2, 0.25) is 5.76 Å². The summed E-state index contributed by atoms with van der Waals surface area (Å²) in [7, 11) is 1.19. The highest BCUT2D eigenvalue weighted by Crippen LogP contribution is 2.19. The fourth-order valence-electron chi connectivity index (χ4n) is 1.01. The highest BCUT2D eigenvalue weighted by Gasteiger charge is 2.18. The Balaban J connectivity index is 2.75. The Labute approximate surface area is 85.1 Å². The molecule has 0 saturated carbocycles. The fourth-order valence-corrected chi connectivity index (χ4v) is 1.01. The molecule has 0 saturated heterocycles. The van der Waals surface area contributed by atoms with Gasteiger partial charge in [0, 0.05) is 0 Å². The molecule has 0 radical (unpaired) electrons. The summed E-state index contributed by atoms with van der Waals surface area (Å²) < 4.78 is 9.29. The third-order valence-electron chi connectivity index (χ3n) is 1.71. The molecule has 1 unspecified atom stereocenters. The molecule has 0 aliphatic rings. The molecule has 6 heteroatoms. The van der Waals surface area contributed by atoms with E-state index in [4.69, 9.17) is 9.52 Å². The second kappa shape index (κ2) is 4.61. The minimum absolute atomic E-state index is 0.0257. The van der Waals surface area contributed by atoms with Gasteiger partial charge < -0.3 is 19.4 Å². The summed E-state index contributed by atoms with van der Waals surface area (Å²) in [5, 5.41) is 17.7. The Kier molecular flexibility index (Phi) is 3.46. The second-order valence-corrected chi connectivity index (χ2v) is 2.81. The number of aliphatic carboxylic acids is 1. The Morgan fingerprint density at radius 3 is 2.73 bits per heavy atom. The van der Waals surface area contributed by atoms with Crippen LogP contribution in [0, 0.1) is 0 Å². The average molecular weight is 214 g/mol. The number of aliphatic hydroxyl groups excluding tert-OH is 1. The average Bonchev–Trinajstić information content (AvgIpc) is 2.64. The van der Waals surface area contributed by atoms with E-state index >= 15 is 0 Å². The molecule has 0 fully saturated rings. The van der Waals surface area contributed by atoms with Crippen LogP contribution < -0.4 is 0 Å². The number of aliphatic hydroxyl groups is 1. The highest BCUT2D eigenvalue weighted by atomic mass is 16.5. The van der Waals surface area contributed by atoms with Gasteiger partial charge in [0.05, 0.1) is 13.5 Å². The maximum absolute atomic E-state index is 11.0. The third-order valence-corrected chi connectivity index (χ3v) is 1.71. The number of esters is 1. The van der Waals surface area contributed by atoms with Gasteiger partial charge in [-0.2, -0.15) is 0 Å². The number of carbonyl (C=O) groups is 2.